The zero-order chi connectivity index (χ0) is 17.0. The van der Waals surface area contributed by atoms with Gasteiger partial charge >= 0.3 is 0 Å². The van der Waals surface area contributed by atoms with Crippen LogP contribution in [0, 0.1) is 0 Å². The van der Waals surface area contributed by atoms with Crippen LogP contribution in [0.3, 0.4) is 0 Å². The number of likely N-dealkylation sites (tertiary alicyclic amines) is 1. The van der Waals surface area contributed by atoms with Crippen LogP contribution in [-0.4, -0.2) is 49.6 Å². The van der Waals surface area contributed by atoms with Gasteiger partial charge in [0.2, 0.25) is 0 Å². The fourth-order valence-corrected chi connectivity index (χ4v) is 2.91. The van der Waals surface area contributed by atoms with Gasteiger partial charge in [-0.05, 0) is 25.0 Å². The Hall–Kier alpha value is -1.99. The SMILES string of the molecule is COc1cc(C(=O)N2CCCC2CN)cc(Cl)c1OCC(N)=O. The Morgan fingerprint density at radius 1 is 1.43 bits per heavy atom. The van der Waals surface area contributed by atoms with Crippen molar-refractivity contribution in [1.29, 1.82) is 0 Å². The minimum absolute atomic E-state index is 0.0399. The van der Waals surface area contributed by atoms with E-state index in [2.05, 4.69) is 0 Å². The molecule has 1 fully saturated rings. The largest absolute Gasteiger partial charge is 0.493 e. The molecular weight excluding hydrogens is 322 g/mol. The summed E-state index contributed by atoms with van der Waals surface area (Å²) in [5.41, 5.74) is 11.2. The fraction of sp³-hybridized carbons (Fsp3) is 0.467. The molecule has 0 spiro atoms. The normalized spacial score (nSPS) is 17.2. The van der Waals surface area contributed by atoms with Gasteiger partial charge < -0.3 is 25.8 Å². The van der Waals surface area contributed by atoms with E-state index in [9.17, 15) is 9.59 Å². The minimum Gasteiger partial charge on any atom is -0.493 e. The third kappa shape index (κ3) is 3.86. The van der Waals surface area contributed by atoms with Gasteiger partial charge in [0, 0.05) is 24.7 Å². The molecule has 2 amide bonds. The summed E-state index contributed by atoms with van der Waals surface area (Å²) in [5.74, 6) is -0.336. The standard InChI is InChI=1S/C15H20ClN3O4/c1-22-12-6-9(5-11(16)14(12)23-8-13(18)20)15(21)19-4-2-3-10(19)7-17/h5-6,10H,2-4,7-8,17H2,1H3,(H2,18,20). The Morgan fingerprint density at radius 2 is 2.17 bits per heavy atom. The van der Waals surface area contributed by atoms with Gasteiger partial charge in [0.05, 0.1) is 12.1 Å². The molecule has 1 aromatic carbocycles. The van der Waals surface area contributed by atoms with E-state index in [4.69, 9.17) is 32.5 Å². The number of hydrogen-bond acceptors (Lipinski definition) is 5. The quantitative estimate of drug-likeness (QED) is 0.794. The highest BCUT2D eigenvalue weighted by Gasteiger charge is 2.29. The van der Waals surface area contributed by atoms with Crippen LogP contribution in [0.25, 0.3) is 0 Å². The molecular formula is C15H20ClN3O4. The van der Waals surface area contributed by atoms with Crippen LogP contribution in [0.1, 0.15) is 23.2 Å². The number of benzene rings is 1. The number of carbonyl (C=O) groups is 2. The summed E-state index contributed by atoms with van der Waals surface area (Å²) in [6.07, 6.45) is 1.82. The predicted octanol–water partition coefficient (Wildman–Crippen LogP) is 0.776. The zero-order valence-electron chi connectivity index (χ0n) is 12.9. The fourth-order valence-electron chi connectivity index (χ4n) is 2.64. The van der Waals surface area contributed by atoms with Crippen LogP contribution in [0.2, 0.25) is 5.02 Å². The highest BCUT2D eigenvalue weighted by atomic mass is 35.5. The summed E-state index contributed by atoms with van der Waals surface area (Å²) in [5, 5.41) is 0.178. The van der Waals surface area contributed by atoms with E-state index in [1.807, 2.05) is 0 Å². The van der Waals surface area contributed by atoms with Crippen LogP contribution in [-0.2, 0) is 4.79 Å². The number of nitrogens with zero attached hydrogens (tertiary/aromatic N) is 1. The van der Waals surface area contributed by atoms with Crippen molar-refractivity contribution in [1.82, 2.24) is 4.90 Å². The highest BCUT2D eigenvalue weighted by molar-refractivity contribution is 6.32. The third-order valence-corrected chi connectivity index (χ3v) is 4.03. The lowest BCUT2D eigenvalue weighted by Crippen LogP contribution is -2.39. The van der Waals surface area contributed by atoms with E-state index >= 15 is 0 Å². The first-order valence-corrected chi connectivity index (χ1v) is 7.65. The average Bonchev–Trinajstić information content (AvgIpc) is 3.00. The van der Waals surface area contributed by atoms with Crippen molar-refractivity contribution < 1.29 is 19.1 Å². The molecule has 0 aliphatic carbocycles. The van der Waals surface area contributed by atoms with E-state index < -0.39 is 5.91 Å². The van der Waals surface area contributed by atoms with Crippen LogP contribution >= 0.6 is 11.6 Å². The molecule has 0 radical (unpaired) electrons. The number of halogens is 1. The van der Waals surface area contributed by atoms with Crippen molar-refractivity contribution in [2.45, 2.75) is 18.9 Å². The summed E-state index contributed by atoms with van der Waals surface area (Å²) >= 11 is 6.17. The molecule has 1 aliphatic rings. The third-order valence-electron chi connectivity index (χ3n) is 3.75. The van der Waals surface area contributed by atoms with Crippen LogP contribution in [0.15, 0.2) is 12.1 Å². The second-order valence-corrected chi connectivity index (χ2v) is 5.68. The van der Waals surface area contributed by atoms with Crippen LogP contribution in [0.4, 0.5) is 0 Å². The lowest BCUT2D eigenvalue weighted by atomic mass is 10.1. The minimum atomic E-state index is -0.633. The Kier molecular flexibility index (Phi) is 5.68. The number of rotatable bonds is 6. The highest BCUT2D eigenvalue weighted by Crippen LogP contribution is 2.37. The topological polar surface area (TPSA) is 108 Å². The molecule has 8 heteroatoms. The van der Waals surface area contributed by atoms with Gasteiger partial charge in [0.15, 0.2) is 18.1 Å². The van der Waals surface area contributed by atoms with Gasteiger partial charge in [-0.1, -0.05) is 11.6 Å². The first kappa shape index (κ1) is 17.4. The molecule has 1 heterocycles. The summed E-state index contributed by atoms with van der Waals surface area (Å²) < 4.78 is 10.5. The second-order valence-electron chi connectivity index (χ2n) is 5.27. The smallest absolute Gasteiger partial charge is 0.255 e. The zero-order valence-corrected chi connectivity index (χ0v) is 13.6. The Bertz CT molecular complexity index is 609. The first-order chi connectivity index (χ1) is 11.0. The number of ether oxygens (including phenoxy) is 2. The van der Waals surface area contributed by atoms with Gasteiger partial charge in [-0.15, -0.1) is 0 Å². The number of methoxy groups -OCH3 is 1. The summed E-state index contributed by atoms with van der Waals surface area (Å²) in [4.78, 5) is 25.2. The van der Waals surface area contributed by atoms with E-state index in [0.717, 1.165) is 12.8 Å². The first-order valence-electron chi connectivity index (χ1n) is 7.27. The van der Waals surface area contributed by atoms with Crippen LogP contribution in [0.5, 0.6) is 11.5 Å². The van der Waals surface area contributed by atoms with Crippen LogP contribution < -0.4 is 20.9 Å². The summed E-state index contributed by atoms with van der Waals surface area (Å²) in [6, 6.07) is 3.07. The summed E-state index contributed by atoms with van der Waals surface area (Å²) in [7, 11) is 1.43. The van der Waals surface area contributed by atoms with Crippen molar-refractivity contribution in [3.05, 3.63) is 22.7 Å². The number of nitrogens with two attached hydrogens (primary N) is 2. The maximum absolute atomic E-state index is 12.7. The molecule has 0 aromatic heterocycles. The monoisotopic (exact) mass is 341 g/mol. The number of hydrogen-bond donors (Lipinski definition) is 2. The van der Waals surface area contributed by atoms with Gasteiger partial charge in [-0.3, -0.25) is 9.59 Å². The van der Waals surface area contributed by atoms with E-state index in [1.54, 1.807) is 4.90 Å². The lowest BCUT2D eigenvalue weighted by Gasteiger charge is -2.24. The van der Waals surface area contributed by atoms with E-state index in [-0.39, 0.29) is 35.1 Å². The summed E-state index contributed by atoms with van der Waals surface area (Å²) in [6.45, 7) is 0.766. The molecule has 1 atom stereocenters. The molecule has 0 bridgehead atoms. The molecule has 0 saturated carbocycles. The van der Waals surface area contributed by atoms with Crippen molar-refractivity contribution in [2.24, 2.45) is 11.5 Å². The Balaban J connectivity index is 2.28. The molecule has 4 N–H and O–H groups in total. The molecule has 7 nitrogen and oxygen atoms in total. The molecule has 1 aliphatic heterocycles. The lowest BCUT2D eigenvalue weighted by molar-refractivity contribution is -0.119. The van der Waals surface area contributed by atoms with Crippen molar-refractivity contribution in [3.63, 3.8) is 0 Å². The van der Waals surface area contributed by atoms with E-state index in [0.29, 0.717) is 18.7 Å². The number of carbonyl (C=O) groups excluding carboxylic acids is 2. The maximum Gasteiger partial charge on any atom is 0.255 e. The molecule has 23 heavy (non-hydrogen) atoms. The molecule has 126 valence electrons. The Morgan fingerprint density at radius 3 is 2.78 bits per heavy atom. The Labute approximate surface area is 139 Å². The van der Waals surface area contributed by atoms with E-state index in [1.165, 1.54) is 19.2 Å². The van der Waals surface area contributed by atoms with Crippen molar-refractivity contribution >= 4 is 23.4 Å². The molecule has 1 unspecified atom stereocenters. The molecule has 1 saturated heterocycles. The second kappa shape index (κ2) is 7.52. The van der Waals surface area contributed by atoms with Gasteiger partial charge in [-0.2, -0.15) is 0 Å². The van der Waals surface area contributed by atoms with Crippen molar-refractivity contribution in [3.8, 4) is 11.5 Å². The van der Waals surface area contributed by atoms with Gasteiger partial charge in [0.25, 0.3) is 11.8 Å². The van der Waals surface area contributed by atoms with Gasteiger partial charge in [-0.25, -0.2) is 0 Å². The predicted molar refractivity (Wildman–Crippen MR) is 85.8 cm³/mol. The van der Waals surface area contributed by atoms with Crippen molar-refractivity contribution in [2.75, 3.05) is 26.8 Å². The maximum atomic E-state index is 12.7. The number of primary amides is 1. The molecule has 2 rings (SSSR count). The molecule has 1 aromatic rings. The van der Waals surface area contributed by atoms with Gasteiger partial charge in [0.1, 0.15) is 0 Å². The number of amides is 2. The average molecular weight is 342 g/mol.